The van der Waals surface area contributed by atoms with Crippen LogP contribution in [0.4, 0.5) is 0 Å². The molecule has 0 radical (unpaired) electrons. The highest BCUT2D eigenvalue weighted by Gasteiger charge is 2.03. The van der Waals surface area contributed by atoms with Crippen molar-refractivity contribution in [1.29, 1.82) is 5.26 Å². The molecule has 0 atom stereocenters. The van der Waals surface area contributed by atoms with E-state index in [-0.39, 0.29) is 0 Å². The zero-order chi connectivity index (χ0) is 9.26. The molecule has 0 unspecified atom stereocenters. The molecule has 2 rings (SSSR count). The van der Waals surface area contributed by atoms with Crippen molar-refractivity contribution in [2.24, 2.45) is 9.98 Å². The summed E-state index contributed by atoms with van der Waals surface area (Å²) in [6.07, 6.45) is 0. The topological polar surface area (TPSA) is 48.5 Å². The van der Waals surface area contributed by atoms with Crippen molar-refractivity contribution in [2.75, 3.05) is 13.1 Å². The molecule has 0 amide bonds. The van der Waals surface area contributed by atoms with Gasteiger partial charge in [-0.1, -0.05) is 0 Å². The van der Waals surface area contributed by atoms with Gasteiger partial charge in [0.1, 0.15) is 11.4 Å². The van der Waals surface area contributed by atoms with Gasteiger partial charge < -0.3 is 0 Å². The molecule has 0 aliphatic carbocycles. The summed E-state index contributed by atoms with van der Waals surface area (Å²) >= 11 is 2.18. The van der Waals surface area contributed by atoms with Crippen LogP contribution in [0.1, 0.15) is 5.56 Å². The fourth-order valence-corrected chi connectivity index (χ4v) is 1.90. The first-order chi connectivity index (χ1) is 6.31. The quantitative estimate of drug-likeness (QED) is 0.636. The molecule has 0 aromatic heterocycles. The molecule has 0 saturated carbocycles. The standard InChI is InChI=1S/C9H6IN3/c10-7-3-6(5-11)9-8(4-7)12-1-2-13-9/h3-4H,1-2H2. The third kappa shape index (κ3) is 1.56. The molecule has 4 heteroatoms. The number of fused-ring (bicyclic) bond motifs is 1. The third-order valence-corrected chi connectivity index (χ3v) is 2.45. The Labute approximate surface area is 89.0 Å². The minimum Gasteiger partial charge on any atom is -0.281 e. The second-order valence-corrected chi connectivity index (χ2v) is 3.94. The van der Waals surface area contributed by atoms with Crippen LogP contribution >= 0.6 is 22.6 Å². The van der Waals surface area contributed by atoms with Crippen LogP contribution in [0.5, 0.6) is 0 Å². The smallest absolute Gasteiger partial charge is 0.102 e. The van der Waals surface area contributed by atoms with Crippen molar-refractivity contribution in [2.45, 2.75) is 0 Å². The molecular formula is C9H6IN3. The van der Waals surface area contributed by atoms with Crippen LogP contribution in [0, 0.1) is 14.9 Å². The Bertz CT molecular complexity index is 499. The number of halogens is 1. The first-order valence-corrected chi connectivity index (χ1v) is 4.98. The molecule has 1 aliphatic heterocycles. The number of hydrogen-bond acceptors (Lipinski definition) is 3. The van der Waals surface area contributed by atoms with Crippen LogP contribution in [-0.4, -0.2) is 13.1 Å². The maximum atomic E-state index is 8.86. The van der Waals surface area contributed by atoms with Crippen LogP contribution in [0.2, 0.25) is 0 Å². The maximum absolute atomic E-state index is 8.86. The lowest BCUT2D eigenvalue weighted by Crippen LogP contribution is -2.32. The van der Waals surface area contributed by atoms with Gasteiger partial charge in [-0.2, -0.15) is 5.26 Å². The number of nitriles is 1. The van der Waals surface area contributed by atoms with Crippen LogP contribution in [-0.2, 0) is 0 Å². The molecule has 0 fully saturated rings. The van der Waals surface area contributed by atoms with E-state index in [4.69, 9.17) is 5.26 Å². The van der Waals surface area contributed by atoms with Crippen molar-refractivity contribution < 1.29 is 0 Å². The SMILES string of the molecule is N#Cc1cc(I)cc2c1=NCCN=2. The normalized spacial score (nSPS) is 13.5. The Hall–Kier alpha value is -0.960. The predicted octanol–water partition coefficient (Wildman–Crippen LogP) is 0.416. The largest absolute Gasteiger partial charge is 0.281 e. The van der Waals surface area contributed by atoms with Crippen molar-refractivity contribution >= 4 is 22.6 Å². The third-order valence-electron chi connectivity index (χ3n) is 1.83. The second kappa shape index (κ2) is 3.42. The van der Waals surface area contributed by atoms with E-state index < -0.39 is 0 Å². The van der Waals surface area contributed by atoms with E-state index in [2.05, 4.69) is 38.6 Å². The van der Waals surface area contributed by atoms with Gasteiger partial charge in [0.15, 0.2) is 0 Å². The van der Waals surface area contributed by atoms with E-state index in [0.717, 1.165) is 20.8 Å². The summed E-state index contributed by atoms with van der Waals surface area (Å²) < 4.78 is 1.04. The molecule has 1 heterocycles. The first-order valence-electron chi connectivity index (χ1n) is 3.90. The summed E-state index contributed by atoms with van der Waals surface area (Å²) in [6.45, 7) is 1.43. The lowest BCUT2D eigenvalue weighted by atomic mass is 10.2. The van der Waals surface area contributed by atoms with E-state index in [1.54, 1.807) is 0 Å². The molecule has 13 heavy (non-hydrogen) atoms. The van der Waals surface area contributed by atoms with Gasteiger partial charge in [-0.05, 0) is 34.7 Å². The van der Waals surface area contributed by atoms with E-state index in [1.165, 1.54) is 0 Å². The molecule has 0 spiro atoms. The second-order valence-electron chi connectivity index (χ2n) is 2.70. The molecule has 3 nitrogen and oxygen atoms in total. The number of nitrogens with zero attached hydrogens (tertiary/aromatic N) is 3. The molecule has 1 aliphatic rings. The molecule has 64 valence electrons. The minimum atomic E-state index is 0.630. The molecule has 0 N–H and O–H groups in total. The van der Waals surface area contributed by atoms with Gasteiger partial charge >= 0.3 is 0 Å². The summed E-state index contributed by atoms with van der Waals surface area (Å²) in [5.41, 5.74) is 0.630. The van der Waals surface area contributed by atoms with Gasteiger partial charge in [0.25, 0.3) is 0 Å². The summed E-state index contributed by atoms with van der Waals surface area (Å²) in [7, 11) is 0. The number of hydrogen-bond donors (Lipinski definition) is 0. The zero-order valence-electron chi connectivity index (χ0n) is 6.79. The lowest BCUT2D eigenvalue weighted by molar-refractivity contribution is 0.861. The van der Waals surface area contributed by atoms with Crippen molar-refractivity contribution in [3.8, 4) is 6.07 Å². The molecule has 1 aromatic rings. The van der Waals surface area contributed by atoms with E-state index >= 15 is 0 Å². The van der Waals surface area contributed by atoms with Gasteiger partial charge in [0.2, 0.25) is 0 Å². The van der Waals surface area contributed by atoms with Gasteiger partial charge in [0, 0.05) is 3.57 Å². The highest BCUT2D eigenvalue weighted by Crippen LogP contribution is 2.00. The highest BCUT2D eigenvalue weighted by atomic mass is 127. The summed E-state index contributed by atoms with van der Waals surface area (Å²) in [5.74, 6) is 0. The maximum Gasteiger partial charge on any atom is 0.102 e. The van der Waals surface area contributed by atoms with Crippen LogP contribution in [0.25, 0.3) is 0 Å². The number of benzene rings is 1. The van der Waals surface area contributed by atoms with Gasteiger partial charge in [-0.15, -0.1) is 0 Å². The van der Waals surface area contributed by atoms with Crippen molar-refractivity contribution in [3.63, 3.8) is 0 Å². The van der Waals surface area contributed by atoms with E-state index in [9.17, 15) is 0 Å². The monoisotopic (exact) mass is 283 g/mol. The predicted molar refractivity (Wildman–Crippen MR) is 55.9 cm³/mol. The average Bonchev–Trinajstić information content (AvgIpc) is 2.16. The number of rotatable bonds is 0. The van der Waals surface area contributed by atoms with Crippen LogP contribution in [0.15, 0.2) is 22.1 Å². The fourth-order valence-electron chi connectivity index (χ4n) is 1.29. The summed E-state index contributed by atoms with van der Waals surface area (Å²) in [5, 5.41) is 10.5. The Kier molecular flexibility index (Phi) is 2.27. The summed E-state index contributed by atoms with van der Waals surface area (Å²) in [4.78, 5) is 8.60. The van der Waals surface area contributed by atoms with Crippen molar-refractivity contribution in [3.05, 3.63) is 32.0 Å². The van der Waals surface area contributed by atoms with E-state index in [1.807, 2.05) is 12.1 Å². The fraction of sp³-hybridized carbons (Fsp3) is 0.222. The zero-order valence-corrected chi connectivity index (χ0v) is 8.95. The van der Waals surface area contributed by atoms with Crippen molar-refractivity contribution in [1.82, 2.24) is 0 Å². The molecular weight excluding hydrogens is 277 g/mol. The Balaban J connectivity index is 2.90. The molecule has 0 saturated heterocycles. The Morgan fingerprint density at radius 3 is 2.85 bits per heavy atom. The Morgan fingerprint density at radius 2 is 2.08 bits per heavy atom. The minimum absolute atomic E-state index is 0.630. The van der Waals surface area contributed by atoms with Crippen LogP contribution in [0.3, 0.4) is 0 Å². The van der Waals surface area contributed by atoms with Gasteiger partial charge in [-0.25, -0.2) is 0 Å². The highest BCUT2D eigenvalue weighted by molar-refractivity contribution is 14.1. The molecule has 1 aromatic carbocycles. The van der Waals surface area contributed by atoms with Gasteiger partial charge in [0.05, 0.1) is 24.0 Å². The first kappa shape index (κ1) is 8.63. The average molecular weight is 283 g/mol. The van der Waals surface area contributed by atoms with E-state index in [0.29, 0.717) is 12.1 Å². The van der Waals surface area contributed by atoms with Crippen LogP contribution < -0.4 is 10.7 Å². The van der Waals surface area contributed by atoms with Gasteiger partial charge in [-0.3, -0.25) is 9.98 Å². The molecule has 0 bridgehead atoms. The Morgan fingerprint density at radius 1 is 1.31 bits per heavy atom. The lowest BCUT2D eigenvalue weighted by Gasteiger charge is -2.01. The summed E-state index contributed by atoms with van der Waals surface area (Å²) in [6, 6.07) is 5.93.